The zero-order valence-electron chi connectivity index (χ0n) is 11.6. The zero-order chi connectivity index (χ0) is 14.0. The van der Waals surface area contributed by atoms with Gasteiger partial charge in [-0.15, -0.1) is 0 Å². The Labute approximate surface area is 118 Å². The van der Waals surface area contributed by atoms with Crippen molar-refractivity contribution in [3.05, 3.63) is 47.1 Å². The molecule has 106 valence electrons. The van der Waals surface area contributed by atoms with Crippen molar-refractivity contribution in [1.29, 1.82) is 0 Å². The maximum Gasteiger partial charge on any atom is 0.258 e. The third-order valence-electron chi connectivity index (χ3n) is 3.91. The molecule has 2 heterocycles. The summed E-state index contributed by atoms with van der Waals surface area (Å²) in [7, 11) is 0. The van der Waals surface area contributed by atoms with E-state index in [1.165, 1.54) is 11.1 Å². The third kappa shape index (κ3) is 2.59. The van der Waals surface area contributed by atoms with Gasteiger partial charge in [0.1, 0.15) is 5.60 Å². The van der Waals surface area contributed by atoms with E-state index in [9.17, 15) is 5.11 Å². The van der Waals surface area contributed by atoms with Gasteiger partial charge in [0.25, 0.3) is 5.89 Å². The van der Waals surface area contributed by atoms with E-state index in [4.69, 9.17) is 4.52 Å². The topological polar surface area (TPSA) is 71.2 Å². The molecule has 0 spiro atoms. The molecule has 1 aromatic heterocycles. The predicted octanol–water partition coefficient (Wildman–Crippen LogP) is 1.54. The SMILES string of the molecule is Cc1ccccc1Cc1noc(C2(O)CCNCC2)n1. The Morgan fingerprint density at radius 2 is 2.05 bits per heavy atom. The summed E-state index contributed by atoms with van der Waals surface area (Å²) in [5, 5.41) is 17.8. The van der Waals surface area contributed by atoms with Crippen LogP contribution in [0, 0.1) is 6.92 Å². The fourth-order valence-electron chi connectivity index (χ4n) is 2.55. The van der Waals surface area contributed by atoms with E-state index in [0.29, 0.717) is 31.0 Å². The summed E-state index contributed by atoms with van der Waals surface area (Å²) in [6, 6.07) is 8.14. The highest BCUT2D eigenvalue weighted by atomic mass is 16.5. The van der Waals surface area contributed by atoms with Crippen LogP contribution in [0.4, 0.5) is 0 Å². The quantitative estimate of drug-likeness (QED) is 0.887. The molecule has 0 atom stereocenters. The van der Waals surface area contributed by atoms with E-state index in [1.54, 1.807) is 0 Å². The number of rotatable bonds is 3. The molecular weight excluding hydrogens is 254 g/mol. The summed E-state index contributed by atoms with van der Waals surface area (Å²) in [6.07, 6.45) is 1.85. The lowest BCUT2D eigenvalue weighted by molar-refractivity contribution is -0.0228. The molecule has 5 nitrogen and oxygen atoms in total. The van der Waals surface area contributed by atoms with Crippen LogP contribution in [0.25, 0.3) is 0 Å². The van der Waals surface area contributed by atoms with Crippen molar-refractivity contribution in [3.63, 3.8) is 0 Å². The summed E-state index contributed by atoms with van der Waals surface area (Å²) in [5.41, 5.74) is 1.42. The molecule has 1 aromatic carbocycles. The standard InChI is InChI=1S/C15H19N3O2/c1-11-4-2-3-5-12(11)10-13-17-14(20-18-13)15(19)6-8-16-9-7-15/h2-5,16,19H,6-10H2,1H3. The van der Waals surface area contributed by atoms with Gasteiger partial charge in [0.2, 0.25) is 0 Å². The molecule has 0 saturated carbocycles. The van der Waals surface area contributed by atoms with Crippen molar-refractivity contribution < 1.29 is 9.63 Å². The van der Waals surface area contributed by atoms with Crippen molar-refractivity contribution in [2.75, 3.05) is 13.1 Å². The Hall–Kier alpha value is -1.72. The molecule has 3 rings (SSSR count). The minimum Gasteiger partial charge on any atom is -0.380 e. The summed E-state index contributed by atoms with van der Waals surface area (Å²) in [4.78, 5) is 4.39. The summed E-state index contributed by atoms with van der Waals surface area (Å²) in [5.74, 6) is 0.976. The normalized spacial score (nSPS) is 18.1. The number of nitrogens with zero attached hydrogens (tertiary/aromatic N) is 2. The number of aromatic nitrogens is 2. The van der Waals surface area contributed by atoms with Crippen LogP contribution in [0.1, 0.15) is 35.7 Å². The first kappa shape index (κ1) is 13.3. The molecule has 0 radical (unpaired) electrons. The van der Waals surface area contributed by atoms with Gasteiger partial charge in [-0.05, 0) is 44.0 Å². The molecule has 2 aromatic rings. The lowest BCUT2D eigenvalue weighted by atomic mass is 9.92. The summed E-state index contributed by atoms with van der Waals surface area (Å²) >= 11 is 0. The van der Waals surface area contributed by atoms with Gasteiger partial charge in [0.15, 0.2) is 5.82 Å². The highest BCUT2D eigenvalue weighted by molar-refractivity contribution is 5.28. The van der Waals surface area contributed by atoms with Crippen LogP contribution in [-0.2, 0) is 12.0 Å². The highest BCUT2D eigenvalue weighted by Crippen LogP contribution is 2.29. The van der Waals surface area contributed by atoms with Gasteiger partial charge in [-0.2, -0.15) is 4.98 Å². The molecule has 0 bridgehead atoms. The molecule has 1 saturated heterocycles. The molecule has 0 aliphatic carbocycles. The zero-order valence-corrected chi connectivity index (χ0v) is 11.6. The van der Waals surface area contributed by atoms with Crippen LogP contribution in [0.2, 0.25) is 0 Å². The van der Waals surface area contributed by atoms with E-state index in [0.717, 1.165) is 13.1 Å². The Morgan fingerprint density at radius 1 is 1.30 bits per heavy atom. The number of hydrogen-bond donors (Lipinski definition) is 2. The fourth-order valence-corrected chi connectivity index (χ4v) is 2.55. The number of piperidine rings is 1. The molecule has 1 aliphatic rings. The molecule has 1 fully saturated rings. The van der Waals surface area contributed by atoms with Crippen molar-refractivity contribution in [1.82, 2.24) is 15.5 Å². The first-order valence-electron chi connectivity index (χ1n) is 6.98. The second kappa shape index (κ2) is 5.34. The minimum absolute atomic E-state index is 0.350. The Morgan fingerprint density at radius 3 is 2.80 bits per heavy atom. The van der Waals surface area contributed by atoms with Crippen LogP contribution in [0.5, 0.6) is 0 Å². The molecule has 2 N–H and O–H groups in total. The van der Waals surface area contributed by atoms with Crippen molar-refractivity contribution >= 4 is 0 Å². The van der Waals surface area contributed by atoms with E-state index < -0.39 is 5.60 Å². The van der Waals surface area contributed by atoms with Crippen LogP contribution < -0.4 is 5.32 Å². The number of aryl methyl sites for hydroxylation is 1. The van der Waals surface area contributed by atoms with E-state index >= 15 is 0 Å². The molecule has 1 aliphatic heterocycles. The van der Waals surface area contributed by atoms with Gasteiger partial charge in [0.05, 0.1) is 0 Å². The lowest BCUT2D eigenvalue weighted by Crippen LogP contribution is -2.39. The number of benzene rings is 1. The molecular formula is C15H19N3O2. The number of aliphatic hydroxyl groups is 1. The first-order chi connectivity index (χ1) is 9.67. The fraction of sp³-hybridized carbons (Fsp3) is 0.467. The maximum absolute atomic E-state index is 10.5. The first-order valence-corrected chi connectivity index (χ1v) is 6.98. The van der Waals surface area contributed by atoms with Crippen LogP contribution in [-0.4, -0.2) is 28.3 Å². The van der Waals surface area contributed by atoms with Crippen molar-refractivity contribution in [2.24, 2.45) is 0 Å². The predicted molar refractivity (Wildman–Crippen MR) is 74.3 cm³/mol. The summed E-state index contributed by atoms with van der Waals surface area (Å²) in [6.45, 7) is 3.61. The second-order valence-electron chi connectivity index (χ2n) is 5.40. The molecule has 5 heteroatoms. The van der Waals surface area contributed by atoms with E-state index in [-0.39, 0.29) is 0 Å². The van der Waals surface area contributed by atoms with Crippen LogP contribution in [0.15, 0.2) is 28.8 Å². The second-order valence-corrected chi connectivity index (χ2v) is 5.40. The molecule has 0 amide bonds. The Kier molecular flexibility index (Phi) is 3.54. The third-order valence-corrected chi connectivity index (χ3v) is 3.91. The minimum atomic E-state index is -0.970. The highest BCUT2D eigenvalue weighted by Gasteiger charge is 2.36. The van der Waals surface area contributed by atoms with Gasteiger partial charge in [0, 0.05) is 6.42 Å². The van der Waals surface area contributed by atoms with Crippen LogP contribution >= 0.6 is 0 Å². The molecule has 20 heavy (non-hydrogen) atoms. The largest absolute Gasteiger partial charge is 0.380 e. The van der Waals surface area contributed by atoms with E-state index in [2.05, 4.69) is 34.5 Å². The van der Waals surface area contributed by atoms with Crippen LogP contribution in [0.3, 0.4) is 0 Å². The number of nitrogens with one attached hydrogen (secondary N) is 1. The van der Waals surface area contributed by atoms with Gasteiger partial charge in [-0.3, -0.25) is 0 Å². The summed E-state index contributed by atoms with van der Waals surface area (Å²) < 4.78 is 5.28. The monoisotopic (exact) mass is 273 g/mol. The average Bonchev–Trinajstić information content (AvgIpc) is 2.92. The molecule has 0 unspecified atom stereocenters. The van der Waals surface area contributed by atoms with Gasteiger partial charge in [-0.25, -0.2) is 0 Å². The van der Waals surface area contributed by atoms with Crippen molar-refractivity contribution in [2.45, 2.75) is 31.8 Å². The maximum atomic E-state index is 10.5. The average molecular weight is 273 g/mol. The van der Waals surface area contributed by atoms with Gasteiger partial charge in [-0.1, -0.05) is 29.4 Å². The smallest absolute Gasteiger partial charge is 0.258 e. The van der Waals surface area contributed by atoms with Gasteiger partial charge >= 0.3 is 0 Å². The van der Waals surface area contributed by atoms with Gasteiger partial charge < -0.3 is 14.9 Å². The van der Waals surface area contributed by atoms with E-state index in [1.807, 2.05) is 12.1 Å². The number of hydrogen-bond acceptors (Lipinski definition) is 5. The van der Waals surface area contributed by atoms with Crippen molar-refractivity contribution in [3.8, 4) is 0 Å². The Balaban J connectivity index is 1.78. The lowest BCUT2D eigenvalue weighted by Gasteiger charge is -2.28. The Bertz CT molecular complexity index is 588.